The molecule has 3 aromatic rings. The molecule has 1 aliphatic heterocycles. The Morgan fingerprint density at radius 2 is 1.75 bits per heavy atom. The van der Waals surface area contributed by atoms with Gasteiger partial charge in [0.05, 0.1) is 12.1 Å². The molecule has 0 saturated heterocycles. The summed E-state index contributed by atoms with van der Waals surface area (Å²) in [6.45, 7) is 4.24. The second kappa shape index (κ2) is 7.94. The Morgan fingerprint density at radius 1 is 1.00 bits per heavy atom. The van der Waals surface area contributed by atoms with Crippen LogP contribution in [0.25, 0.3) is 0 Å². The van der Waals surface area contributed by atoms with Crippen molar-refractivity contribution < 1.29 is 14.3 Å². The van der Waals surface area contributed by atoms with Gasteiger partial charge in [-0.1, -0.05) is 42.0 Å². The zero-order valence-corrected chi connectivity index (χ0v) is 16.6. The van der Waals surface area contributed by atoms with Gasteiger partial charge in [-0.15, -0.1) is 11.3 Å². The molecule has 0 radical (unpaired) electrons. The van der Waals surface area contributed by atoms with Crippen molar-refractivity contribution in [1.29, 1.82) is 0 Å². The maximum absolute atomic E-state index is 12.7. The Bertz CT molecular complexity index is 954. The van der Waals surface area contributed by atoms with Crippen LogP contribution in [0.15, 0.2) is 60.0 Å². The van der Waals surface area contributed by atoms with E-state index in [4.69, 9.17) is 9.47 Å². The number of ether oxygens (including phenoxy) is 2. The molecule has 6 heteroatoms. The van der Waals surface area contributed by atoms with Crippen LogP contribution < -0.4 is 20.1 Å². The maximum Gasteiger partial charge on any atom is 0.316 e. The largest absolute Gasteiger partial charge is 0.454 e. The fourth-order valence-corrected chi connectivity index (χ4v) is 3.97. The molecular formula is C22H22N2O3S. The zero-order valence-electron chi connectivity index (χ0n) is 15.8. The SMILES string of the molecule is Cc1ccc([C@H](NC(=O)N[C@@H](C)c2ccc3c(c2)OCO3)c2cccs2)cc1. The highest BCUT2D eigenvalue weighted by atomic mass is 32.1. The highest BCUT2D eigenvalue weighted by Gasteiger charge is 2.20. The number of fused-ring (bicyclic) bond motifs is 1. The van der Waals surface area contributed by atoms with Crippen LogP contribution >= 0.6 is 11.3 Å². The molecule has 2 aromatic carbocycles. The highest BCUT2D eigenvalue weighted by molar-refractivity contribution is 7.10. The summed E-state index contributed by atoms with van der Waals surface area (Å²) in [7, 11) is 0. The lowest BCUT2D eigenvalue weighted by Gasteiger charge is -2.21. The number of rotatable bonds is 5. The maximum atomic E-state index is 12.7. The van der Waals surface area contributed by atoms with Gasteiger partial charge in [0, 0.05) is 4.88 Å². The van der Waals surface area contributed by atoms with E-state index in [1.807, 2.05) is 42.6 Å². The van der Waals surface area contributed by atoms with E-state index in [2.05, 4.69) is 41.8 Å². The Balaban J connectivity index is 1.47. The second-order valence-electron chi connectivity index (χ2n) is 6.81. The fourth-order valence-electron chi connectivity index (χ4n) is 3.17. The molecule has 0 unspecified atom stereocenters. The molecule has 144 valence electrons. The minimum Gasteiger partial charge on any atom is -0.454 e. The van der Waals surface area contributed by atoms with E-state index in [0.717, 1.165) is 21.8 Å². The van der Waals surface area contributed by atoms with Crippen molar-refractivity contribution in [2.45, 2.75) is 25.9 Å². The molecule has 28 heavy (non-hydrogen) atoms. The molecule has 4 rings (SSSR count). The van der Waals surface area contributed by atoms with Gasteiger partial charge >= 0.3 is 6.03 Å². The number of hydrogen-bond acceptors (Lipinski definition) is 4. The summed E-state index contributed by atoms with van der Waals surface area (Å²) >= 11 is 1.63. The van der Waals surface area contributed by atoms with Crippen LogP contribution in [0.3, 0.4) is 0 Å². The lowest BCUT2D eigenvalue weighted by molar-refractivity contribution is 0.174. The van der Waals surface area contributed by atoms with Crippen LogP contribution in [-0.4, -0.2) is 12.8 Å². The van der Waals surface area contributed by atoms with E-state index in [0.29, 0.717) is 5.75 Å². The van der Waals surface area contributed by atoms with Crippen molar-refractivity contribution in [3.63, 3.8) is 0 Å². The smallest absolute Gasteiger partial charge is 0.316 e. The van der Waals surface area contributed by atoms with E-state index in [1.54, 1.807) is 11.3 Å². The van der Waals surface area contributed by atoms with Gasteiger partial charge in [-0.25, -0.2) is 4.79 Å². The van der Waals surface area contributed by atoms with Crippen LogP contribution in [0, 0.1) is 6.92 Å². The summed E-state index contributed by atoms with van der Waals surface area (Å²) in [5.41, 5.74) is 3.20. The normalized spacial score (nSPS) is 14.4. The number of urea groups is 1. The number of carbonyl (C=O) groups is 1. The van der Waals surface area contributed by atoms with Gasteiger partial charge < -0.3 is 20.1 Å². The zero-order chi connectivity index (χ0) is 19.5. The van der Waals surface area contributed by atoms with Crippen LogP contribution in [0.2, 0.25) is 0 Å². The Hall–Kier alpha value is -2.99. The third kappa shape index (κ3) is 3.97. The quantitative estimate of drug-likeness (QED) is 0.645. The lowest BCUT2D eigenvalue weighted by atomic mass is 10.0. The van der Waals surface area contributed by atoms with E-state index in [9.17, 15) is 4.79 Å². The summed E-state index contributed by atoms with van der Waals surface area (Å²) in [4.78, 5) is 13.8. The molecule has 0 aliphatic carbocycles. The molecule has 1 aliphatic rings. The van der Waals surface area contributed by atoms with Crippen molar-refractivity contribution in [3.05, 3.63) is 81.5 Å². The number of nitrogens with one attached hydrogen (secondary N) is 2. The van der Waals surface area contributed by atoms with E-state index in [-0.39, 0.29) is 24.9 Å². The molecule has 1 aromatic heterocycles. The first-order chi connectivity index (χ1) is 13.6. The van der Waals surface area contributed by atoms with Gasteiger partial charge in [0.2, 0.25) is 6.79 Å². The third-order valence-corrected chi connectivity index (χ3v) is 5.70. The second-order valence-corrected chi connectivity index (χ2v) is 7.79. The summed E-state index contributed by atoms with van der Waals surface area (Å²) < 4.78 is 10.8. The summed E-state index contributed by atoms with van der Waals surface area (Å²) in [6.07, 6.45) is 0. The molecule has 2 heterocycles. The topological polar surface area (TPSA) is 59.6 Å². The summed E-state index contributed by atoms with van der Waals surface area (Å²) in [5.74, 6) is 1.44. The van der Waals surface area contributed by atoms with Gasteiger partial charge in [0.25, 0.3) is 0 Å². The highest BCUT2D eigenvalue weighted by Crippen LogP contribution is 2.34. The van der Waals surface area contributed by atoms with Gasteiger partial charge in [-0.3, -0.25) is 0 Å². The predicted molar refractivity (Wildman–Crippen MR) is 110 cm³/mol. The molecule has 0 spiro atoms. The molecule has 2 atom stereocenters. The first-order valence-electron chi connectivity index (χ1n) is 9.17. The number of amides is 2. The van der Waals surface area contributed by atoms with Gasteiger partial charge in [-0.05, 0) is 48.6 Å². The van der Waals surface area contributed by atoms with Crippen LogP contribution in [0.1, 0.15) is 40.6 Å². The Kier molecular flexibility index (Phi) is 5.21. The number of benzene rings is 2. The van der Waals surface area contributed by atoms with Crippen molar-refractivity contribution >= 4 is 17.4 Å². The number of carbonyl (C=O) groups excluding carboxylic acids is 1. The lowest BCUT2D eigenvalue weighted by Crippen LogP contribution is -2.39. The Labute approximate surface area is 168 Å². The Morgan fingerprint density at radius 3 is 2.50 bits per heavy atom. The van der Waals surface area contributed by atoms with Crippen molar-refractivity contribution in [3.8, 4) is 11.5 Å². The molecule has 2 amide bonds. The average Bonchev–Trinajstić information content (AvgIpc) is 3.38. The average molecular weight is 394 g/mol. The minimum absolute atomic E-state index is 0.170. The summed E-state index contributed by atoms with van der Waals surface area (Å²) in [5, 5.41) is 8.15. The number of thiophene rings is 1. The first kappa shape index (κ1) is 18.4. The van der Waals surface area contributed by atoms with Crippen LogP contribution in [0.5, 0.6) is 11.5 Å². The van der Waals surface area contributed by atoms with Gasteiger partial charge in [-0.2, -0.15) is 0 Å². The fraction of sp³-hybridized carbons (Fsp3) is 0.227. The van der Waals surface area contributed by atoms with Crippen LogP contribution in [0.4, 0.5) is 4.79 Å². The van der Waals surface area contributed by atoms with E-state index >= 15 is 0 Å². The molecule has 2 N–H and O–H groups in total. The molecule has 0 saturated carbocycles. The summed E-state index contributed by atoms with van der Waals surface area (Å²) in [6, 6.07) is 17.4. The van der Waals surface area contributed by atoms with Crippen LogP contribution in [-0.2, 0) is 0 Å². The van der Waals surface area contributed by atoms with Crippen molar-refractivity contribution in [2.24, 2.45) is 0 Å². The molecular weight excluding hydrogens is 372 g/mol. The standard InChI is InChI=1S/C22H22N2O3S/c1-14-5-7-16(8-6-14)21(20-4-3-11-28-20)24-22(25)23-15(2)17-9-10-18-19(12-17)27-13-26-18/h3-12,15,21H,13H2,1-2H3,(H2,23,24,25)/t15-,21-/m0/s1. The minimum atomic E-state index is -0.218. The van der Waals surface area contributed by atoms with E-state index in [1.165, 1.54) is 5.56 Å². The van der Waals surface area contributed by atoms with E-state index < -0.39 is 0 Å². The number of aryl methyl sites for hydroxylation is 1. The number of hydrogen-bond donors (Lipinski definition) is 2. The van der Waals surface area contributed by atoms with Gasteiger partial charge in [0.1, 0.15) is 0 Å². The predicted octanol–water partition coefficient (Wildman–Crippen LogP) is 4.94. The van der Waals surface area contributed by atoms with Gasteiger partial charge in [0.15, 0.2) is 11.5 Å². The monoisotopic (exact) mass is 394 g/mol. The van der Waals surface area contributed by atoms with Crippen molar-refractivity contribution in [1.82, 2.24) is 10.6 Å². The third-order valence-electron chi connectivity index (χ3n) is 4.76. The molecule has 0 bridgehead atoms. The molecule has 5 nitrogen and oxygen atoms in total. The van der Waals surface area contributed by atoms with Crippen molar-refractivity contribution in [2.75, 3.05) is 6.79 Å². The first-order valence-corrected chi connectivity index (χ1v) is 10.0. The molecule has 0 fully saturated rings.